The number of hydrogen-bond donors (Lipinski definition) is 1. The number of nitrogens with zero attached hydrogens (tertiary/aromatic N) is 1. The predicted octanol–water partition coefficient (Wildman–Crippen LogP) is 3.64. The van der Waals surface area contributed by atoms with Gasteiger partial charge in [0.25, 0.3) is 0 Å². The lowest BCUT2D eigenvalue weighted by molar-refractivity contribution is 0.296. The van der Waals surface area contributed by atoms with Gasteiger partial charge in [0, 0.05) is 22.3 Å². The molecule has 0 unspecified atom stereocenters. The summed E-state index contributed by atoms with van der Waals surface area (Å²) >= 11 is 5.98. The molecule has 0 aliphatic carbocycles. The maximum Gasteiger partial charge on any atom is 0.130 e. The first-order chi connectivity index (χ1) is 9.06. The second kappa shape index (κ2) is 6.04. The molecule has 19 heavy (non-hydrogen) atoms. The first kappa shape index (κ1) is 13.8. The summed E-state index contributed by atoms with van der Waals surface area (Å²) in [6.07, 6.45) is 0. The van der Waals surface area contributed by atoms with E-state index in [0.29, 0.717) is 11.6 Å². The summed E-state index contributed by atoms with van der Waals surface area (Å²) in [5.74, 6) is 0.753. The van der Waals surface area contributed by atoms with Crippen molar-refractivity contribution in [3.05, 3.63) is 58.4 Å². The molecule has 0 fully saturated rings. The van der Waals surface area contributed by atoms with Gasteiger partial charge in [0.05, 0.1) is 5.69 Å². The predicted molar refractivity (Wildman–Crippen MR) is 77.4 cm³/mol. The molecule has 0 saturated heterocycles. The fourth-order valence-electron chi connectivity index (χ4n) is 1.84. The molecule has 2 rings (SSSR count). The van der Waals surface area contributed by atoms with Gasteiger partial charge in [-0.25, -0.2) is 0 Å². The molecular formula is C15H17ClN2O. The minimum atomic E-state index is -0.126. The van der Waals surface area contributed by atoms with Crippen LogP contribution in [0, 0.1) is 6.92 Å². The molecule has 0 bridgehead atoms. The summed E-state index contributed by atoms with van der Waals surface area (Å²) in [6, 6.07) is 11.2. The normalized spacial score (nSPS) is 12.2. The fraction of sp³-hybridized carbons (Fsp3) is 0.267. The quantitative estimate of drug-likeness (QED) is 0.927. The average molecular weight is 277 g/mol. The van der Waals surface area contributed by atoms with Gasteiger partial charge in [-0.05, 0) is 44.2 Å². The van der Waals surface area contributed by atoms with Crippen molar-refractivity contribution >= 4 is 11.6 Å². The van der Waals surface area contributed by atoms with Gasteiger partial charge in [-0.3, -0.25) is 4.98 Å². The van der Waals surface area contributed by atoms with Gasteiger partial charge in [-0.2, -0.15) is 0 Å². The maximum atomic E-state index is 5.98. The van der Waals surface area contributed by atoms with E-state index in [1.165, 1.54) is 0 Å². The Hall–Kier alpha value is -1.58. The van der Waals surface area contributed by atoms with Crippen LogP contribution in [0.25, 0.3) is 0 Å². The molecule has 3 nitrogen and oxygen atoms in total. The first-order valence-electron chi connectivity index (χ1n) is 6.16. The topological polar surface area (TPSA) is 48.1 Å². The first-order valence-corrected chi connectivity index (χ1v) is 6.54. The lowest BCUT2D eigenvalue weighted by atomic mass is 10.1. The molecule has 100 valence electrons. The van der Waals surface area contributed by atoms with Crippen LogP contribution in [0.3, 0.4) is 0 Å². The molecular weight excluding hydrogens is 260 g/mol. The zero-order valence-electron chi connectivity index (χ0n) is 11.1. The molecule has 1 atom stereocenters. The highest BCUT2D eigenvalue weighted by Gasteiger charge is 2.09. The van der Waals surface area contributed by atoms with Crippen LogP contribution in [-0.2, 0) is 6.61 Å². The third-order valence-electron chi connectivity index (χ3n) is 2.78. The highest BCUT2D eigenvalue weighted by Crippen LogP contribution is 2.27. The number of halogens is 1. The molecule has 1 heterocycles. The third kappa shape index (κ3) is 3.69. The largest absolute Gasteiger partial charge is 0.487 e. The number of rotatable bonds is 4. The van der Waals surface area contributed by atoms with E-state index in [4.69, 9.17) is 22.1 Å². The van der Waals surface area contributed by atoms with Crippen molar-refractivity contribution in [3.8, 4) is 5.75 Å². The second-order valence-corrected chi connectivity index (χ2v) is 4.97. The summed E-state index contributed by atoms with van der Waals surface area (Å²) in [7, 11) is 0. The van der Waals surface area contributed by atoms with Crippen molar-refractivity contribution in [1.82, 2.24) is 4.98 Å². The van der Waals surface area contributed by atoms with E-state index >= 15 is 0 Å². The number of benzene rings is 1. The Morgan fingerprint density at radius 3 is 2.79 bits per heavy atom. The van der Waals surface area contributed by atoms with Crippen LogP contribution in [0.15, 0.2) is 36.4 Å². The SMILES string of the molecule is Cc1cccc(COc2ccc(Cl)cc2[C@H](C)N)n1. The molecule has 0 amide bonds. The van der Waals surface area contributed by atoms with Gasteiger partial charge < -0.3 is 10.5 Å². The fourth-order valence-corrected chi connectivity index (χ4v) is 2.02. The van der Waals surface area contributed by atoms with Gasteiger partial charge in [0.2, 0.25) is 0 Å². The highest BCUT2D eigenvalue weighted by molar-refractivity contribution is 6.30. The van der Waals surface area contributed by atoms with Gasteiger partial charge in [-0.15, -0.1) is 0 Å². The Kier molecular flexibility index (Phi) is 4.40. The van der Waals surface area contributed by atoms with Crippen molar-refractivity contribution in [3.63, 3.8) is 0 Å². The van der Waals surface area contributed by atoms with Crippen molar-refractivity contribution < 1.29 is 4.74 Å². The molecule has 0 spiro atoms. The molecule has 1 aromatic heterocycles. The number of ether oxygens (including phenoxy) is 1. The van der Waals surface area contributed by atoms with Gasteiger partial charge in [0.1, 0.15) is 12.4 Å². The Labute approximate surface area is 118 Å². The Balaban J connectivity index is 2.15. The number of pyridine rings is 1. The minimum Gasteiger partial charge on any atom is -0.487 e. The van der Waals surface area contributed by atoms with Crippen molar-refractivity contribution in [2.24, 2.45) is 5.73 Å². The number of aryl methyl sites for hydroxylation is 1. The Morgan fingerprint density at radius 2 is 2.11 bits per heavy atom. The molecule has 0 aliphatic heterocycles. The monoisotopic (exact) mass is 276 g/mol. The molecule has 0 radical (unpaired) electrons. The molecule has 2 N–H and O–H groups in total. The van der Waals surface area contributed by atoms with E-state index in [0.717, 1.165) is 22.7 Å². The van der Waals surface area contributed by atoms with E-state index in [9.17, 15) is 0 Å². The van der Waals surface area contributed by atoms with E-state index in [1.54, 1.807) is 6.07 Å². The van der Waals surface area contributed by atoms with Crippen LogP contribution in [0.2, 0.25) is 5.02 Å². The highest BCUT2D eigenvalue weighted by atomic mass is 35.5. The molecule has 0 saturated carbocycles. The van der Waals surface area contributed by atoms with Crippen LogP contribution in [-0.4, -0.2) is 4.98 Å². The summed E-state index contributed by atoms with van der Waals surface area (Å²) < 4.78 is 5.79. The molecule has 4 heteroatoms. The Bertz CT molecular complexity index is 570. The molecule has 0 aliphatic rings. The van der Waals surface area contributed by atoms with Crippen LogP contribution in [0.1, 0.15) is 29.9 Å². The van der Waals surface area contributed by atoms with Crippen LogP contribution in [0.5, 0.6) is 5.75 Å². The second-order valence-electron chi connectivity index (χ2n) is 4.53. The molecule has 1 aromatic carbocycles. The summed E-state index contributed by atoms with van der Waals surface area (Å²) in [5.41, 5.74) is 8.70. The number of nitrogens with two attached hydrogens (primary N) is 1. The summed E-state index contributed by atoms with van der Waals surface area (Å²) in [6.45, 7) is 4.28. The summed E-state index contributed by atoms with van der Waals surface area (Å²) in [5, 5.41) is 0.660. The van der Waals surface area contributed by atoms with Crippen LogP contribution >= 0.6 is 11.6 Å². The van der Waals surface area contributed by atoms with Crippen LogP contribution in [0.4, 0.5) is 0 Å². The molecule has 2 aromatic rings. The van der Waals surface area contributed by atoms with Crippen molar-refractivity contribution in [1.29, 1.82) is 0 Å². The van der Waals surface area contributed by atoms with E-state index in [-0.39, 0.29) is 6.04 Å². The summed E-state index contributed by atoms with van der Waals surface area (Å²) in [4.78, 5) is 4.40. The average Bonchev–Trinajstić information content (AvgIpc) is 2.37. The number of aromatic nitrogens is 1. The lowest BCUT2D eigenvalue weighted by Crippen LogP contribution is -2.08. The zero-order chi connectivity index (χ0) is 13.8. The standard InChI is InChI=1S/C15H17ClN2O/c1-10-4-3-5-13(18-10)9-19-15-7-6-12(16)8-14(15)11(2)17/h3-8,11H,9,17H2,1-2H3/t11-/m0/s1. The maximum absolute atomic E-state index is 5.98. The van der Waals surface area contributed by atoms with Gasteiger partial charge in [0.15, 0.2) is 0 Å². The smallest absolute Gasteiger partial charge is 0.130 e. The third-order valence-corrected chi connectivity index (χ3v) is 3.02. The van der Waals surface area contributed by atoms with E-state index in [2.05, 4.69) is 4.98 Å². The zero-order valence-corrected chi connectivity index (χ0v) is 11.8. The van der Waals surface area contributed by atoms with Crippen molar-refractivity contribution in [2.45, 2.75) is 26.5 Å². The van der Waals surface area contributed by atoms with Gasteiger partial charge >= 0.3 is 0 Å². The Morgan fingerprint density at radius 1 is 1.32 bits per heavy atom. The lowest BCUT2D eigenvalue weighted by Gasteiger charge is -2.14. The minimum absolute atomic E-state index is 0.126. The van der Waals surface area contributed by atoms with Gasteiger partial charge in [-0.1, -0.05) is 17.7 Å². The van der Waals surface area contributed by atoms with E-state index < -0.39 is 0 Å². The van der Waals surface area contributed by atoms with Crippen LogP contribution < -0.4 is 10.5 Å². The van der Waals surface area contributed by atoms with E-state index in [1.807, 2.05) is 44.2 Å². The number of hydrogen-bond acceptors (Lipinski definition) is 3. The van der Waals surface area contributed by atoms with Crippen molar-refractivity contribution in [2.75, 3.05) is 0 Å².